The maximum Gasteiger partial charge on any atom is 0.471 e. The van der Waals surface area contributed by atoms with Crippen molar-refractivity contribution in [3.63, 3.8) is 0 Å². The topological polar surface area (TPSA) is 90.9 Å². The summed E-state index contributed by atoms with van der Waals surface area (Å²) < 4.78 is 69.1. The number of nitrogens with one attached hydrogen (secondary N) is 1. The van der Waals surface area contributed by atoms with E-state index in [1.54, 1.807) is 29.6 Å². The summed E-state index contributed by atoms with van der Waals surface area (Å²) in [6, 6.07) is 13.1. The number of carbonyl (C=O) groups excluding carboxylic acids is 3. The summed E-state index contributed by atoms with van der Waals surface area (Å²) in [6.07, 6.45) is -12.8. The Morgan fingerprint density at radius 3 is 1.85 bits per heavy atom. The van der Waals surface area contributed by atoms with Crippen molar-refractivity contribution in [2.45, 2.75) is 43.8 Å². The maximum atomic E-state index is 15.3. The lowest BCUT2D eigenvalue weighted by Crippen LogP contribution is -2.64. The van der Waals surface area contributed by atoms with Crippen LogP contribution in [0, 0.1) is 0 Å². The number of ether oxygens (including phenoxy) is 3. The molecule has 0 bridgehead atoms. The van der Waals surface area contributed by atoms with Crippen molar-refractivity contribution in [3.8, 4) is 0 Å². The lowest BCUT2D eigenvalue weighted by atomic mass is 9.97. The Morgan fingerprint density at radius 1 is 0.879 bits per heavy atom. The zero-order valence-electron chi connectivity index (χ0n) is 17.1. The Balaban J connectivity index is 1.84. The molecule has 0 unspecified atom stereocenters. The van der Waals surface area contributed by atoms with E-state index in [1.165, 1.54) is 43.3 Å². The van der Waals surface area contributed by atoms with Crippen LogP contribution in [0.25, 0.3) is 0 Å². The first-order valence-corrected chi connectivity index (χ1v) is 9.77. The smallest absolute Gasteiger partial charge is 0.453 e. The molecule has 11 heteroatoms. The number of halogens is 4. The van der Waals surface area contributed by atoms with Crippen LogP contribution in [0.3, 0.4) is 0 Å². The van der Waals surface area contributed by atoms with Crippen LogP contribution in [-0.2, 0) is 19.0 Å². The maximum absolute atomic E-state index is 15.3. The van der Waals surface area contributed by atoms with Crippen LogP contribution < -0.4 is 5.32 Å². The van der Waals surface area contributed by atoms with Gasteiger partial charge < -0.3 is 19.5 Å². The SMILES string of the molecule is C[C@H]1O[C@H](OC(=O)c2ccccc2)[C@H](F)[C@@H](OC(=O)c2ccccc2)[C@@H]1NC(=O)C(F)(F)F. The van der Waals surface area contributed by atoms with Gasteiger partial charge in [-0.3, -0.25) is 4.79 Å². The number of hydrogen-bond donors (Lipinski definition) is 1. The van der Waals surface area contributed by atoms with Gasteiger partial charge in [0.25, 0.3) is 0 Å². The molecule has 1 aliphatic rings. The molecule has 7 nitrogen and oxygen atoms in total. The molecule has 3 rings (SSSR count). The molecule has 176 valence electrons. The molecule has 0 aromatic heterocycles. The molecule has 5 atom stereocenters. The Hall–Kier alpha value is -3.47. The molecule has 0 spiro atoms. The highest BCUT2D eigenvalue weighted by molar-refractivity contribution is 5.90. The largest absolute Gasteiger partial charge is 0.471 e. The summed E-state index contributed by atoms with van der Waals surface area (Å²) >= 11 is 0. The fourth-order valence-electron chi connectivity index (χ4n) is 3.17. The van der Waals surface area contributed by atoms with Crippen LogP contribution in [0.1, 0.15) is 27.6 Å². The third-order valence-electron chi connectivity index (χ3n) is 4.82. The molecule has 1 fully saturated rings. The lowest BCUT2D eigenvalue weighted by molar-refractivity contribution is -0.236. The molecule has 0 aliphatic carbocycles. The number of esters is 2. The number of amides is 1. The third kappa shape index (κ3) is 5.86. The number of benzene rings is 2. The van der Waals surface area contributed by atoms with Crippen LogP contribution >= 0.6 is 0 Å². The molecule has 2 aromatic rings. The van der Waals surface area contributed by atoms with Gasteiger partial charge in [-0.2, -0.15) is 13.2 Å². The van der Waals surface area contributed by atoms with Crippen LogP contribution in [0.2, 0.25) is 0 Å². The zero-order valence-corrected chi connectivity index (χ0v) is 17.1. The molecule has 0 radical (unpaired) electrons. The molecule has 1 amide bonds. The fourth-order valence-corrected chi connectivity index (χ4v) is 3.17. The van der Waals surface area contributed by atoms with Crippen LogP contribution in [0.4, 0.5) is 17.6 Å². The van der Waals surface area contributed by atoms with Gasteiger partial charge in [0.1, 0.15) is 0 Å². The minimum absolute atomic E-state index is 0.00238. The second-order valence-electron chi connectivity index (χ2n) is 7.16. The Kier molecular flexibility index (Phi) is 7.32. The van der Waals surface area contributed by atoms with Crippen molar-refractivity contribution in [1.82, 2.24) is 5.32 Å². The highest BCUT2D eigenvalue weighted by Gasteiger charge is 2.52. The van der Waals surface area contributed by atoms with E-state index < -0.39 is 54.7 Å². The summed E-state index contributed by atoms with van der Waals surface area (Å²) in [4.78, 5) is 36.3. The molecular weight excluding hydrogens is 450 g/mol. The number of rotatable bonds is 5. The van der Waals surface area contributed by atoms with Crippen LogP contribution in [0.15, 0.2) is 60.7 Å². The highest BCUT2D eigenvalue weighted by Crippen LogP contribution is 2.29. The Morgan fingerprint density at radius 2 is 1.36 bits per heavy atom. The van der Waals surface area contributed by atoms with Gasteiger partial charge >= 0.3 is 24.0 Å². The van der Waals surface area contributed by atoms with Crippen molar-refractivity contribution >= 4 is 17.8 Å². The van der Waals surface area contributed by atoms with Crippen molar-refractivity contribution in [2.75, 3.05) is 0 Å². The monoisotopic (exact) mass is 469 g/mol. The molecule has 1 saturated heterocycles. The predicted octanol–water partition coefficient (Wildman–Crippen LogP) is 3.20. The Labute approximate surface area is 185 Å². The summed E-state index contributed by atoms with van der Waals surface area (Å²) in [5, 5.41) is 1.60. The van der Waals surface area contributed by atoms with Gasteiger partial charge in [0, 0.05) is 0 Å². The van der Waals surface area contributed by atoms with Gasteiger partial charge in [-0.05, 0) is 31.2 Å². The number of alkyl halides is 4. The van der Waals surface area contributed by atoms with Gasteiger partial charge in [-0.15, -0.1) is 0 Å². The van der Waals surface area contributed by atoms with E-state index in [0.717, 1.165) is 0 Å². The second kappa shape index (κ2) is 9.99. The molecule has 1 aliphatic heterocycles. The molecular formula is C22H19F4NO6. The van der Waals surface area contributed by atoms with Crippen molar-refractivity contribution in [2.24, 2.45) is 0 Å². The predicted molar refractivity (Wildman–Crippen MR) is 105 cm³/mol. The van der Waals surface area contributed by atoms with E-state index in [2.05, 4.69) is 0 Å². The fraction of sp³-hybridized carbons (Fsp3) is 0.318. The van der Waals surface area contributed by atoms with Gasteiger partial charge in [-0.1, -0.05) is 36.4 Å². The standard InChI is InChI=1S/C22H19F4NO6/c1-12-16(27-21(30)22(24,25)26)17(32-18(28)13-8-4-2-5-9-13)15(23)20(31-12)33-19(29)14-10-6-3-7-11-14/h2-12,15-17,20H,1H3,(H,27,30)/t12-,15-,16-,17-,20-/m1/s1. The molecule has 0 saturated carbocycles. The zero-order chi connectivity index (χ0) is 24.2. The average molecular weight is 469 g/mol. The van der Waals surface area contributed by atoms with Crippen molar-refractivity contribution in [3.05, 3.63) is 71.8 Å². The Bertz CT molecular complexity index is 985. The normalized spacial score (nSPS) is 25.1. The van der Waals surface area contributed by atoms with Gasteiger partial charge in [0.05, 0.1) is 23.3 Å². The van der Waals surface area contributed by atoms with Crippen molar-refractivity contribution in [1.29, 1.82) is 0 Å². The van der Waals surface area contributed by atoms with E-state index in [9.17, 15) is 27.6 Å². The second-order valence-corrected chi connectivity index (χ2v) is 7.16. The van der Waals surface area contributed by atoms with Crippen molar-refractivity contribution < 1.29 is 46.2 Å². The molecule has 33 heavy (non-hydrogen) atoms. The van der Waals surface area contributed by atoms with E-state index in [4.69, 9.17) is 14.2 Å². The first-order chi connectivity index (χ1) is 15.6. The quantitative estimate of drug-likeness (QED) is 0.534. The summed E-state index contributed by atoms with van der Waals surface area (Å²) in [6.45, 7) is 1.22. The minimum atomic E-state index is -5.27. The number of hydrogen-bond acceptors (Lipinski definition) is 6. The first-order valence-electron chi connectivity index (χ1n) is 9.77. The van der Waals surface area contributed by atoms with Crippen LogP contribution in [-0.4, -0.2) is 54.7 Å². The van der Waals surface area contributed by atoms with E-state index in [1.807, 2.05) is 0 Å². The summed E-state index contributed by atoms with van der Waals surface area (Å²) in [7, 11) is 0. The summed E-state index contributed by atoms with van der Waals surface area (Å²) in [5.41, 5.74) is 0.0776. The molecule has 1 heterocycles. The van der Waals surface area contributed by atoms with Gasteiger partial charge in [0.2, 0.25) is 12.5 Å². The minimum Gasteiger partial charge on any atom is -0.453 e. The van der Waals surface area contributed by atoms with E-state index in [-0.39, 0.29) is 11.1 Å². The van der Waals surface area contributed by atoms with E-state index >= 15 is 4.39 Å². The van der Waals surface area contributed by atoms with Gasteiger partial charge in [0.15, 0.2) is 6.10 Å². The molecule has 1 N–H and O–H groups in total. The third-order valence-corrected chi connectivity index (χ3v) is 4.82. The van der Waals surface area contributed by atoms with Gasteiger partial charge in [-0.25, -0.2) is 14.0 Å². The lowest BCUT2D eigenvalue weighted by Gasteiger charge is -2.41. The first kappa shape index (κ1) is 24.2. The van der Waals surface area contributed by atoms with Crippen LogP contribution in [0.5, 0.6) is 0 Å². The highest BCUT2D eigenvalue weighted by atomic mass is 19.4. The summed E-state index contributed by atoms with van der Waals surface area (Å²) in [5.74, 6) is -4.37. The average Bonchev–Trinajstić information content (AvgIpc) is 2.79. The number of carbonyl (C=O) groups is 3. The van der Waals surface area contributed by atoms with E-state index in [0.29, 0.717) is 0 Å². The molecule has 2 aromatic carbocycles.